The van der Waals surface area contributed by atoms with Gasteiger partial charge in [-0.1, -0.05) is 29.8 Å². The van der Waals surface area contributed by atoms with Gasteiger partial charge in [-0.3, -0.25) is 4.79 Å². The van der Waals surface area contributed by atoms with Crippen LogP contribution in [0.1, 0.15) is 5.56 Å². The van der Waals surface area contributed by atoms with Crippen molar-refractivity contribution in [2.24, 2.45) is 0 Å². The first-order valence-corrected chi connectivity index (χ1v) is 9.08. The molecule has 0 atom stereocenters. The normalized spacial score (nSPS) is 10.7. The summed E-state index contributed by atoms with van der Waals surface area (Å²) in [5.41, 5.74) is 1.74. The number of benzene rings is 2. The van der Waals surface area contributed by atoms with Gasteiger partial charge < -0.3 is 5.32 Å². The molecule has 0 unspecified atom stereocenters. The molecule has 1 N–H and O–H groups in total. The minimum Gasteiger partial charge on any atom is -0.354 e. The summed E-state index contributed by atoms with van der Waals surface area (Å²) in [5.74, 6) is 0.487. The third kappa shape index (κ3) is 5.13. The average Bonchev–Trinajstić information content (AvgIpc) is 3.09. The molecule has 0 fully saturated rings. The van der Waals surface area contributed by atoms with Crippen LogP contribution in [0.2, 0.25) is 0 Å². The molecule has 134 valence electrons. The zero-order valence-electron chi connectivity index (χ0n) is 14.2. The quantitative estimate of drug-likeness (QED) is 0.511. The number of rotatable bonds is 7. The number of tetrazole rings is 1. The topological polar surface area (TPSA) is 72.7 Å². The largest absolute Gasteiger partial charge is 0.354 e. The SMILES string of the molecule is Cc1ccc(SCCNC(=O)Cn2nnc(-c3cccc(F)c3)n2)cc1. The summed E-state index contributed by atoms with van der Waals surface area (Å²) in [5, 5.41) is 14.6. The van der Waals surface area contributed by atoms with E-state index in [9.17, 15) is 9.18 Å². The highest BCUT2D eigenvalue weighted by Gasteiger charge is 2.09. The van der Waals surface area contributed by atoms with Gasteiger partial charge >= 0.3 is 0 Å². The van der Waals surface area contributed by atoms with E-state index in [1.165, 1.54) is 27.4 Å². The van der Waals surface area contributed by atoms with Crippen molar-refractivity contribution in [2.75, 3.05) is 12.3 Å². The number of carbonyl (C=O) groups excluding carboxylic acids is 1. The van der Waals surface area contributed by atoms with Crippen molar-refractivity contribution in [3.05, 3.63) is 59.9 Å². The maximum Gasteiger partial charge on any atom is 0.243 e. The lowest BCUT2D eigenvalue weighted by Gasteiger charge is -2.05. The summed E-state index contributed by atoms with van der Waals surface area (Å²) in [6, 6.07) is 14.2. The van der Waals surface area contributed by atoms with Crippen LogP contribution >= 0.6 is 11.8 Å². The van der Waals surface area contributed by atoms with Gasteiger partial charge in [0.1, 0.15) is 12.4 Å². The lowest BCUT2D eigenvalue weighted by atomic mass is 10.2. The second-order valence-corrected chi connectivity index (χ2v) is 6.83. The molecule has 26 heavy (non-hydrogen) atoms. The summed E-state index contributed by atoms with van der Waals surface area (Å²) in [7, 11) is 0. The predicted molar refractivity (Wildman–Crippen MR) is 98.1 cm³/mol. The minimum atomic E-state index is -0.373. The molecule has 0 saturated carbocycles. The Labute approximate surface area is 154 Å². The highest BCUT2D eigenvalue weighted by molar-refractivity contribution is 7.99. The fourth-order valence-corrected chi connectivity index (χ4v) is 3.00. The number of thioether (sulfide) groups is 1. The molecule has 0 bridgehead atoms. The number of carbonyl (C=O) groups is 1. The molecule has 0 saturated heterocycles. The molecule has 3 aromatic rings. The molecule has 2 aromatic carbocycles. The van der Waals surface area contributed by atoms with Gasteiger partial charge in [0, 0.05) is 22.8 Å². The number of nitrogens with one attached hydrogen (secondary N) is 1. The van der Waals surface area contributed by atoms with Crippen LogP contribution in [0.25, 0.3) is 11.4 Å². The van der Waals surface area contributed by atoms with E-state index in [4.69, 9.17) is 0 Å². The number of amides is 1. The van der Waals surface area contributed by atoms with E-state index < -0.39 is 0 Å². The number of aryl methyl sites for hydroxylation is 1. The van der Waals surface area contributed by atoms with Gasteiger partial charge in [0.2, 0.25) is 11.7 Å². The Morgan fingerprint density at radius 1 is 1.23 bits per heavy atom. The Bertz CT molecular complexity index is 881. The summed E-state index contributed by atoms with van der Waals surface area (Å²) < 4.78 is 13.2. The number of aromatic nitrogens is 4. The molecular weight excluding hydrogens is 353 g/mol. The second kappa shape index (κ2) is 8.57. The third-order valence-corrected chi connectivity index (χ3v) is 4.55. The van der Waals surface area contributed by atoms with Crippen LogP contribution in [0.3, 0.4) is 0 Å². The van der Waals surface area contributed by atoms with Gasteiger partial charge in [-0.15, -0.1) is 22.0 Å². The van der Waals surface area contributed by atoms with E-state index in [1.807, 2.05) is 6.92 Å². The predicted octanol–water partition coefficient (Wildman–Crippen LogP) is 2.70. The number of halogens is 1. The van der Waals surface area contributed by atoms with Gasteiger partial charge in [-0.2, -0.15) is 4.80 Å². The van der Waals surface area contributed by atoms with Crippen LogP contribution in [0, 0.1) is 12.7 Å². The first kappa shape index (κ1) is 18.1. The van der Waals surface area contributed by atoms with E-state index in [0.29, 0.717) is 12.1 Å². The molecule has 0 aliphatic carbocycles. The molecular formula is C18H18FN5OS. The molecule has 6 nitrogen and oxygen atoms in total. The number of nitrogens with zero attached hydrogens (tertiary/aromatic N) is 4. The molecule has 0 radical (unpaired) electrons. The number of hydrogen-bond donors (Lipinski definition) is 1. The van der Waals surface area contributed by atoms with Crippen LogP contribution in [-0.4, -0.2) is 38.4 Å². The van der Waals surface area contributed by atoms with Crippen LogP contribution in [0.5, 0.6) is 0 Å². The van der Waals surface area contributed by atoms with Gasteiger partial charge in [-0.05, 0) is 36.4 Å². The zero-order chi connectivity index (χ0) is 18.4. The van der Waals surface area contributed by atoms with Crippen molar-refractivity contribution in [1.82, 2.24) is 25.5 Å². The Morgan fingerprint density at radius 3 is 2.81 bits per heavy atom. The van der Waals surface area contributed by atoms with Crippen LogP contribution < -0.4 is 5.32 Å². The molecule has 3 rings (SSSR count). The van der Waals surface area contributed by atoms with Crippen molar-refractivity contribution >= 4 is 17.7 Å². The second-order valence-electron chi connectivity index (χ2n) is 5.67. The van der Waals surface area contributed by atoms with Gasteiger partial charge in [0.25, 0.3) is 0 Å². The van der Waals surface area contributed by atoms with Crippen molar-refractivity contribution in [3.63, 3.8) is 0 Å². The Hall–Kier alpha value is -2.74. The summed E-state index contributed by atoms with van der Waals surface area (Å²) in [4.78, 5) is 14.3. The molecule has 1 heterocycles. The van der Waals surface area contributed by atoms with Crippen LogP contribution in [0.15, 0.2) is 53.4 Å². The van der Waals surface area contributed by atoms with Gasteiger partial charge in [-0.25, -0.2) is 4.39 Å². The Morgan fingerprint density at radius 2 is 2.04 bits per heavy atom. The number of hydrogen-bond acceptors (Lipinski definition) is 5. The van der Waals surface area contributed by atoms with Crippen molar-refractivity contribution < 1.29 is 9.18 Å². The summed E-state index contributed by atoms with van der Waals surface area (Å²) in [6.45, 7) is 2.56. The molecule has 0 spiro atoms. The third-order valence-electron chi connectivity index (χ3n) is 3.53. The van der Waals surface area contributed by atoms with E-state index in [-0.39, 0.29) is 24.1 Å². The average molecular weight is 371 g/mol. The fourth-order valence-electron chi connectivity index (χ4n) is 2.23. The molecule has 0 aliphatic rings. The monoisotopic (exact) mass is 371 g/mol. The minimum absolute atomic E-state index is 0.0302. The van der Waals surface area contributed by atoms with Gasteiger partial charge in [0.15, 0.2) is 0 Å². The molecule has 1 amide bonds. The maximum atomic E-state index is 13.2. The van der Waals surface area contributed by atoms with Crippen LogP contribution in [-0.2, 0) is 11.3 Å². The maximum absolute atomic E-state index is 13.2. The summed E-state index contributed by atoms with van der Waals surface area (Å²) >= 11 is 1.68. The standard InChI is InChI=1S/C18H18FN5OS/c1-13-5-7-16(8-6-13)26-10-9-20-17(25)12-24-22-18(21-23-24)14-3-2-4-15(19)11-14/h2-8,11H,9-10,12H2,1H3,(H,20,25). The lowest BCUT2D eigenvalue weighted by Crippen LogP contribution is -2.30. The van der Waals surface area contributed by atoms with E-state index in [0.717, 1.165) is 5.75 Å². The van der Waals surface area contributed by atoms with Gasteiger partial charge in [0.05, 0.1) is 0 Å². The lowest BCUT2D eigenvalue weighted by molar-refractivity contribution is -0.121. The van der Waals surface area contributed by atoms with E-state index in [2.05, 4.69) is 45.0 Å². The van der Waals surface area contributed by atoms with Crippen molar-refractivity contribution in [3.8, 4) is 11.4 Å². The fraction of sp³-hybridized carbons (Fsp3) is 0.222. The first-order chi connectivity index (χ1) is 12.6. The smallest absolute Gasteiger partial charge is 0.243 e. The zero-order valence-corrected chi connectivity index (χ0v) is 15.0. The highest BCUT2D eigenvalue weighted by Crippen LogP contribution is 2.17. The van der Waals surface area contributed by atoms with E-state index in [1.54, 1.807) is 23.9 Å². The molecule has 0 aliphatic heterocycles. The Balaban J connectivity index is 1.44. The first-order valence-electron chi connectivity index (χ1n) is 8.10. The highest BCUT2D eigenvalue weighted by atomic mass is 32.2. The Kier molecular flexibility index (Phi) is 5.96. The molecule has 1 aromatic heterocycles. The van der Waals surface area contributed by atoms with E-state index >= 15 is 0 Å². The van der Waals surface area contributed by atoms with Crippen LogP contribution in [0.4, 0.5) is 4.39 Å². The molecule has 8 heteroatoms. The van der Waals surface area contributed by atoms with Crippen molar-refractivity contribution in [1.29, 1.82) is 0 Å². The van der Waals surface area contributed by atoms with Crippen molar-refractivity contribution in [2.45, 2.75) is 18.4 Å². The summed E-state index contributed by atoms with van der Waals surface area (Å²) in [6.07, 6.45) is 0.